The van der Waals surface area contributed by atoms with Gasteiger partial charge in [0.25, 0.3) is 0 Å². The summed E-state index contributed by atoms with van der Waals surface area (Å²) < 4.78 is 54.4. The lowest BCUT2D eigenvalue weighted by atomic mass is 10.0. The van der Waals surface area contributed by atoms with Crippen molar-refractivity contribution in [2.75, 3.05) is 6.54 Å². The van der Waals surface area contributed by atoms with E-state index in [1.54, 1.807) is 17.0 Å². The van der Waals surface area contributed by atoms with Crippen LogP contribution in [-0.4, -0.2) is 35.5 Å². The Kier molecular flexibility index (Phi) is 8.12. The van der Waals surface area contributed by atoms with Gasteiger partial charge in [0.05, 0.1) is 6.04 Å². The topological polar surface area (TPSA) is 48.0 Å². The number of hydrogen-bond acceptors (Lipinski definition) is 4. The van der Waals surface area contributed by atoms with Crippen LogP contribution >= 0.6 is 0 Å². The third-order valence-corrected chi connectivity index (χ3v) is 5.12. The lowest BCUT2D eigenvalue weighted by Crippen LogP contribution is -2.45. The molecule has 1 heterocycles. The van der Waals surface area contributed by atoms with E-state index in [0.29, 0.717) is 12.1 Å². The van der Waals surface area contributed by atoms with E-state index in [0.717, 1.165) is 24.8 Å². The van der Waals surface area contributed by atoms with Gasteiger partial charge in [0.15, 0.2) is 11.5 Å². The molecule has 8 heteroatoms. The summed E-state index contributed by atoms with van der Waals surface area (Å²) in [5, 5.41) is 0. The van der Waals surface area contributed by atoms with Gasteiger partial charge in [-0.25, -0.2) is 4.79 Å². The smallest absolute Gasteiger partial charge is 0.485 e. The molecule has 2 aromatic rings. The quantitative estimate of drug-likeness (QED) is 0.451. The van der Waals surface area contributed by atoms with Gasteiger partial charge in [0, 0.05) is 6.54 Å². The Morgan fingerprint density at radius 1 is 1.06 bits per heavy atom. The Morgan fingerprint density at radius 2 is 1.79 bits per heavy atom. The molecule has 5 nitrogen and oxygen atoms in total. The lowest BCUT2D eigenvalue weighted by Gasteiger charge is -2.35. The number of likely N-dealkylation sites (tertiary alicyclic amines) is 1. The van der Waals surface area contributed by atoms with E-state index < -0.39 is 23.8 Å². The van der Waals surface area contributed by atoms with Gasteiger partial charge < -0.3 is 19.1 Å². The predicted molar refractivity (Wildman–Crippen MR) is 124 cm³/mol. The van der Waals surface area contributed by atoms with Crippen LogP contribution in [0.5, 0.6) is 11.5 Å². The maximum absolute atomic E-state index is 13.0. The van der Waals surface area contributed by atoms with Crippen molar-refractivity contribution >= 4 is 12.2 Å². The summed E-state index contributed by atoms with van der Waals surface area (Å²) in [5.41, 5.74) is 0.715. The molecule has 1 saturated heterocycles. The molecule has 184 valence electrons. The lowest BCUT2D eigenvalue weighted by molar-refractivity contribution is -0.275. The second kappa shape index (κ2) is 10.8. The maximum Gasteiger partial charge on any atom is 0.573 e. The number of rotatable bonds is 6. The highest BCUT2D eigenvalue weighted by atomic mass is 19.4. The number of amides is 1. The number of nitrogens with zero attached hydrogens (tertiary/aromatic N) is 1. The number of hydrogen-bond donors (Lipinski definition) is 0. The Balaban J connectivity index is 1.77. The molecule has 0 radical (unpaired) electrons. The third-order valence-electron chi connectivity index (χ3n) is 5.12. The summed E-state index contributed by atoms with van der Waals surface area (Å²) in [5.74, 6) is -0.426. The van der Waals surface area contributed by atoms with Crippen LogP contribution in [0.4, 0.5) is 18.0 Å². The molecule has 0 bridgehead atoms. The molecule has 1 unspecified atom stereocenters. The zero-order chi connectivity index (χ0) is 24.8. The fraction of sp³-hybridized carbons (Fsp3) is 0.423. The van der Waals surface area contributed by atoms with Gasteiger partial charge in [0.2, 0.25) is 0 Å². The zero-order valence-corrected chi connectivity index (χ0v) is 19.6. The molecule has 1 aliphatic rings. The van der Waals surface area contributed by atoms with Gasteiger partial charge in [-0.05, 0) is 63.3 Å². The molecule has 34 heavy (non-hydrogen) atoms. The van der Waals surface area contributed by atoms with Crippen molar-refractivity contribution in [1.29, 1.82) is 0 Å². The van der Waals surface area contributed by atoms with Crippen molar-refractivity contribution < 1.29 is 32.2 Å². The van der Waals surface area contributed by atoms with Gasteiger partial charge in [-0.15, -0.1) is 13.2 Å². The SMILES string of the molecule is CC(C)(C)OC(=O)N1CCCCC1C=Cc1ccc(OCc2ccccc2)c(OC(F)(F)F)c1. The minimum absolute atomic E-state index is 0.00799. The molecule has 1 fully saturated rings. The Hall–Kier alpha value is -3.16. The number of halogens is 3. The number of piperidine rings is 1. The summed E-state index contributed by atoms with van der Waals surface area (Å²) in [4.78, 5) is 14.3. The van der Waals surface area contributed by atoms with E-state index in [-0.39, 0.29) is 18.4 Å². The summed E-state index contributed by atoms with van der Waals surface area (Å²) >= 11 is 0. The first-order chi connectivity index (χ1) is 16.0. The number of alkyl halides is 3. The van der Waals surface area contributed by atoms with Crippen molar-refractivity contribution in [3.05, 3.63) is 65.7 Å². The largest absolute Gasteiger partial charge is 0.573 e. The molecule has 1 aliphatic heterocycles. The van der Waals surface area contributed by atoms with E-state index in [2.05, 4.69) is 4.74 Å². The zero-order valence-electron chi connectivity index (χ0n) is 19.6. The summed E-state index contributed by atoms with van der Waals surface area (Å²) in [6, 6.07) is 13.3. The van der Waals surface area contributed by atoms with Crippen LogP contribution in [0.15, 0.2) is 54.6 Å². The van der Waals surface area contributed by atoms with E-state index in [4.69, 9.17) is 9.47 Å². The maximum atomic E-state index is 13.0. The van der Waals surface area contributed by atoms with Crippen LogP contribution in [0.3, 0.4) is 0 Å². The van der Waals surface area contributed by atoms with Crippen molar-refractivity contribution in [3.8, 4) is 11.5 Å². The minimum atomic E-state index is -4.86. The third kappa shape index (κ3) is 8.01. The monoisotopic (exact) mass is 477 g/mol. The van der Waals surface area contributed by atoms with Crippen LogP contribution in [0, 0.1) is 0 Å². The molecule has 0 aromatic heterocycles. The molecule has 0 N–H and O–H groups in total. The molecule has 0 aliphatic carbocycles. The number of carbonyl (C=O) groups excluding carboxylic acids is 1. The van der Waals surface area contributed by atoms with Gasteiger partial charge in [-0.2, -0.15) is 0 Å². The van der Waals surface area contributed by atoms with E-state index >= 15 is 0 Å². The van der Waals surface area contributed by atoms with Gasteiger partial charge >= 0.3 is 12.5 Å². The average molecular weight is 478 g/mol. The van der Waals surface area contributed by atoms with E-state index in [1.807, 2.05) is 57.2 Å². The highest BCUT2D eigenvalue weighted by Crippen LogP contribution is 2.34. The second-order valence-electron chi connectivity index (χ2n) is 9.12. The Bertz CT molecular complexity index is 984. The van der Waals surface area contributed by atoms with Crippen molar-refractivity contribution in [2.45, 2.75) is 64.6 Å². The Labute approximate surface area is 198 Å². The van der Waals surface area contributed by atoms with Crippen molar-refractivity contribution in [2.24, 2.45) is 0 Å². The molecule has 2 aromatic carbocycles. The van der Waals surface area contributed by atoms with Gasteiger partial charge in [-0.3, -0.25) is 0 Å². The van der Waals surface area contributed by atoms with Crippen molar-refractivity contribution in [3.63, 3.8) is 0 Å². The first-order valence-corrected chi connectivity index (χ1v) is 11.2. The standard InChI is InChI=1S/C26H30F3NO4/c1-25(2,3)34-24(31)30-16-8-7-11-21(30)14-12-19-13-15-22(23(17-19)33-26(27,28)29)32-18-20-9-5-4-6-10-20/h4-6,9-10,12-15,17,21H,7-8,11,16,18H2,1-3H3. The van der Waals surface area contributed by atoms with Crippen LogP contribution < -0.4 is 9.47 Å². The fourth-order valence-electron chi connectivity index (χ4n) is 3.61. The molecular formula is C26H30F3NO4. The molecule has 1 amide bonds. The molecule has 1 atom stereocenters. The average Bonchev–Trinajstić information content (AvgIpc) is 2.76. The van der Waals surface area contributed by atoms with Crippen LogP contribution in [0.1, 0.15) is 51.2 Å². The second-order valence-corrected chi connectivity index (χ2v) is 9.12. The first kappa shape index (κ1) is 25.5. The van der Waals surface area contributed by atoms with E-state index in [9.17, 15) is 18.0 Å². The van der Waals surface area contributed by atoms with Crippen LogP contribution in [-0.2, 0) is 11.3 Å². The molecule has 0 spiro atoms. The molecular weight excluding hydrogens is 447 g/mol. The summed E-state index contributed by atoms with van der Waals surface area (Å²) in [6.07, 6.45) is 0.832. The normalized spacial score (nSPS) is 17.0. The Morgan fingerprint density at radius 3 is 2.47 bits per heavy atom. The van der Waals surface area contributed by atoms with Gasteiger partial charge in [0.1, 0.15) is 12.2 Å². The predicted octanol–water partition coefficient (Wildman–Crippen LogP) is 6.97. The van der Waals surface area contributed by atoms with Crippen LogP contribution in [0.2, 0.25) is 0 Å². The number of carbonyl (C=O) groups is 1. The van der Waals surface area contributed by atoms with Gasteiger partial charge in [-0.1, -0.05) is 48.6 Å². The fourth-order valence-corrected chi connectivity index (χ4v) is 3.61. The number of benzene rings is 2. The molecule has 3 rings (SSSR count). The first-order valence-electron chi connectivity index (χ1n) is 11.2. The molecule has 0 saturated carbocycles. The number of ether oxygens (including phenoxy) is 3. The highest BCUT2D eigenvalue weighted by molar-refractivity contribution is 5.69. The minimum Gasteiger partial charge on any atom is -0.485 e. The summed E-state index contributed by atoms with van der Waals surface area (Å²) in [7, 11) is 0. The summed E-state index contributed by atoms with van der Waals surface area (Å²) in [6.45, 7) is 6.10. The van der Waals surface area contributed by atoms with E-state index in [1.165, 1.54) is 12.1 Å². The van der Waals surface area contributed by atoms with Crippen molar-refractivity contribution in [1.82, 2.24) is 4.90 Å². The van der Waals surface area contributed by atoms with Crippen LogP contribution in [0.25, 0.3) is 6.08 Å². The highest BCUT2D eigenvalue weighted by Gasteiger charge is 2.33.